The second-order valence-corrected chi connectivity index (χ2v) is 8.66. The minimum atomic E-state index is -4.35. The van der Waals surface area contributed by atoms with Crippen LogP contribution >= 0.6 is 0 Å². The SMILES string of the molecule is CCCCCCCCCCCCCCCCOC(=O)C(C)S(=O)(=O)O.[H-].[Na+]. The first-order valence-electron chi connectivity index (χ1n) is 10.0. The van der Waals surface area contributed by atoms with Gasteiger partial charge in [-0.1, -0.05) is 90.4 Å². The summed E-state index contributed by atoms with van der Waals surface area (Å²) in [6.45, 7) is 3.59. The molecule has 7 heteroatoms. The van der Waals surface area contributed by atoms with Gasteiger partial charge in [-0.05, 0) is 13.3 Å². The molecule has 1 unspecified atom stereocenters. The van der Waals surface area contributed by atoms with Gasteiger partial charge in [-0.15, -0.1) is 0 Å². The van der Waals surface area contributed by atoms with E-state index in [2.05, 4.69) is 6.92 Å². The average molecular weight is 403 g/mol. The molecule has 0 amide bonds. The van der Waals surface area contributed by atoms with Gasteiger partial charge >= 0.3 is 35.5 Å². The Morgan fingerprint density at radius 3 is 1.54 bits per heavy atom. The van der Waals surface area contributed by atoms with Crippen LogP contribution in [-0.2, 0) is 19.6 Å². The summed E-state index contributed by atoms with van der Waals surface area (Å²) in [6, 6.07) is 0. The van der Waals surface area contributed by atoms with Crippen LogP contribution in [-0.4, -0.2) is 30.8 Å². The monoisotopic (exact) mass is 402 g/mol. The molecule has 0 aromatic rings. The molecule has 0 saturated carbocycles. The van der Waals surface area contributed by atoms with Gasteiger partial charge in [-0.25, -0.2) is 0 Å². The fraction of sp³-hybridized carbons (Fsp3) is 0.947. The quantitative estimate of drug-likeness (QED) is 0.175. The van der Waals surface area contributed by atoms with Gasteiger partial charge in [0.05, 0.1) is 6.61 Å². The molecule has 0 aliphatic rings. The Morgan fingerprint density at radius 1 is 0.846 bits per heavy atom. The van der Waals surface area contributed by atoms with E-state index in [9.17, 15) is 13.2 Å². The molecule has 0 radical (unpaired) electrons. The third kappa shape index (κ3) is 17.8. The van der Waals surface area contributed by atoms with Crippen molar-refractivity contribution < 1.29 is 53.5 Å². The van der Waals surface area contributed by atoms with Crippen LogP contribution in [0.3, 0.4) is 0 Å². The fourth-order valence-corrected chi connectivity index (χ4v) is 3.02. The first kappa shape index (κ1) is 28.6. The molecular weight excluding hydrogens is 363 g/mol. The largest absolute Gasteiger partial charge is 1.00 e. The van der Waals surface area contributed by atoms with Gasteiger partial charge in [0.2, 0.25) is 0 Å². The van der Waals surface area contributed by atoms with Crippen molar-refractivity contribution in [3.05, 3.63) is 0 Å². The molecule has 1 atom stereocenters. The summed E-state index contributed by atoms with van der Waals surface area (Å²) in [5.41, 5.74) is 0. The topological polar surface area (TPSA) is 80.7 Å². The van der Waals surface area contributed by atoms with E-state index in [0.717, 1.165) is 26.2 Å². The molecule has 26 heavy (non-hydrogen) atoms. The standard InChI is InChI=1S/C19H38O5S.Na.H/c1-3-4-5-6-7-8-9-10-11-12-13-14-15-16-17-24-19(20)18(2)25(21,22)23;;/h18H,3-17H2,1-2H3,(H,21,22,23);;/q;+1;-1. The number of carbonyl (C=O) groups excluding carboxylic acids is 1. The smallest absolute Gasteiger partial charge is 1.00 e. The fourth-order valence-electron chi connectivity index (χ4n) is 2.71. The van der Waals surface area contributed by atoms with Crippen LogP contribution < -0.4 is 29.6 Å². The summed E-state index contributed by atoms with van der Waals surface area (Å²) in [6.07, 6.45) is 17.5. The van der Waals surface area contributed by atoms with E-state index >= 15 is 0 Å². The van der Waals surface area contributed by atoms with Gasteiger partial charge in [0.25, 0.3) is 10.1 Å². The average Bonchev–Trinajstić information content (AvgIpc) is 2.56. The number of esters is 1. The molecule has 0 aliphatic carbocycles. The summed E-state index contributed by atoms with van der Waals surface area (Å²) >= 11 is 0. The second-order valence-electron chi connectivity index (χ2n) is 6.92. The maximum Gasteiger partial charge on any atom is 1.00 e. The van der Waals surface area contributed by atoms with Crippen molar-refractivity contribution in [1.82, 2.24) is 0 Å². The van der Waals surface area contributed by atoms with E-state index in [4.69, 9.17) is 9.29 Å². The number of unbranched alkanes of at least 4 members (excludes halogenated alkanes) is 13. The molecular formula is C19H39NaO5S. The van der Waals surface area contributed by atoms with Gasteiger partial charge < -0.3 is 6.16 Å². The van der Waals surface area contributed by atoms with Crippen LogP contribution in [0.25, 0.3) is 0 Å². The van der Waals surface area contributed by atoms with Crippen molar-refractivity contribution in [2.24, 2.45) is 0 Å². The van der Waals surface area contributed by atoms with Crippen molar-refractivity contribution in [1.29, 1.82) is 0 Å². The Hall–Kier alpha value is 0.380. The first-order valence-corrected chi connectivity index (χ1v) is 11.5. The van der Waals surface area contributed by atoms with Gasteiger partial charge in [0.1, 0.15) is 0 Å². The molecule has 0 heterocycles. The number of rotatable bonds is 17. The minimum absolute atomic E-state index is 0. The van der Waals surface area contributed by atoms with Gasteiger partial charge in [-0.3, -0.25) is 9.35 Å². The molecule has 0 saturated heterocycles. The third-order valence-corrected chi connectivity index (χ3v) is 5.61. The molecule has 0 spiro atoms. The molecule has 0 fully saturated rings. The summed E-state index contributed by atoms with van der Waals surface area (Å²) in [4.78, 5) is 11.4. The Bertz CT molecular complexity index is 432. The van der Waals surface area contributed by atoms with E-state index < -0.39 is 21.3 Å². The second kappa shape index (κ2) is 18.7. The predicted molar refractivity (Wildman–Crippen MR) is 103 cm³/mol. The molecule has 0 aromatic carbocycles. The van der Waals surface area contributed by atoms with Crippen LogP contribution in [0, 0.1) is 0 Å². The van der Waals surface area contributed by atoms with E-state index in [1.54, 1.807) is 0 Å². The van der Waals surface area contributed by atoms with Crippen molar-refractivity contribution >= 4 is 16.1 Å². The molecule has 152 valence electrons. The molecule has 0 aromatic heterocycles. The number of carbonyl (C=O) groups is 1. The van der Waals surface area contributed by atoms with Crippen LogP contribution in [0.2, 0.25) is 0 Å². The van der Waals surface area contributed by atoms with E-state index in [0.29, 0.717) is 0 Å². The van der Waals surface area contributed by atoms with Crippen LogP contribution in [0.4, 0.5) is 0 Å². The Kier molecular flexibility index (Phi) is 20.6. The van der Waals surface area contributed by atoms with E-state index in [-0.39, 0.29) is 37.6 Å². The molecule has 0 rings (SSSR count). The van der Waals surface area contributed by atoms with Gasteiger partial charge in [-0.2, -0.15) is 8.42 Å². The van der Waals surface area contributed by atoms with Crippen LogP contribution in [0.5, 0.6) is 0 Å². The van der Waals surface area contributed by atoms with Crippen LogP contribution in [0.1, 0.15) is 105 Å². The van der Waals surface area contributed by atoms with Crippen molar-refractivity contribution in [2.45, 2.75) is 109 Å². The Morgan fingerprint density at radius 2 is 1.19 bits per heavy atom. The van der Waals surface area contributed by atoms with Gasteiger partial charge in [0.15, 0.2) is 5.25 Å². The maximum absolute atomic E-state index is 11.4. The number of ether oxygens (including phenoxy) is 1. The normalized spacial score (nSPS) is 12.4. The third-order valence-electron chi connectivity index (χ3n) is 4.52. The minimum Gasteiger partial charge on any atom is -1.00 e. The zero-order valence-corrected chi connectivity index (χ0v) is 20.0. The van der Waals surface area contributed by atoms with Crippen LogP contribution in [0.15, 0.2) is 0 Å². The summed E-state index contributed by atoms with van der Waals surface area (Å²) in [7, 11) is -4.35. The Labute approximate surface area is 184 Å². The zero-order chi connectivity index (χ0) is 19.0. The first-order chi connectivity index (χ1) is 11.9. The Balaban J connectivity index is -0.00000288. The van der Waals surface area contributed by atoms with Crippen molar-refractivity contribution in [3.63, 3.8) is 0 Å². The predicted octanol–water partition coefficient (Wildman–Crippen LogP) is 2.40. The van der Waals surface area contributed by atoms with Crippen molar-refractivity contribution in [3.8, 4) is 0 Å². The van der Waals surface area contributed by atoms with E-state index in [1.807, 2.05) is 0 Å². The summed E-state index contributed by atoms with van der Waals surface area (Å²) in [5, 5.41) is -1.50. The molecule has 0 bridgehead atoms. The summed E-state index contributed by atoms with van der Waals surface area (Å²) < 4.78 is 35.2. The number of hydrogen-bond donors (Lipinski definition) is 1. The zero-order valence-electron chi connectivity index (χ0n) is 18.2. The number of hydrogen-bond acceptors (Lipinski definition) is 4. The maximum atomic E-state index is 11.4. The van der Waals surface area contributed by atoms with E-state index in [1.165, 1.54) is 70.6 Å². The molecule has 1 N–H and O–H groups in total. The van der Waals surface area contributed by atoms with Crippen molar-refractivity contribution in [2.75, 3.05) is 6.61 Å². The van der Waals surface area contributed by atoms with Gasteiger partial charge in [0, 0.05) is 0 Å². The molecule has 5 nitrogen and oxygen atoms in total. The summed E-state index contributed by atoms with van der Waals surface area (Å²) in [5.74, 6) is -0.878. The molecule has 0 aliphatic heterocycles.